The fourth-order valence-corrected chi connectivity index (χ4v) is 3.74. The van der Waals surface area contributed by atoms with Crippen molar-refractivity contribution in [2.45, 2.75) is 19.8 Å². The van der Waals surface area contributed by atoms with Gasteiger partial charge in [-0.25, -0.2) is 0 Å². The molecule has 0 amide bonds. The van der Waals surface area contributed by atoms with Crippen molar-refractivity contribution >= 4 is 17.3 Å². The van der Waals surface area contributed by atoms with E-state index in [0.29, 0.717) is 5.41 Å². The monoisotopic (exact) mass is 307 g/mol. The predicted octanol–water partition coefficient (Wildman–Crippen LogP) is 2.85. The third kappa shape index (κ3) is 3.91. The van der Waals surface area contributed by atoms with Gasteiger partial charge in [-0.15, -0.1) is 0 Å². The van der Waals surface area contributed by atoms with E-state index in [1.54, 1.807) is 0 Å². The van der Waals surface area contributed by atoms with Crippen LogP contribution in [0.4, 0.5) is 5.69 Å². The predicted molar refractivity (Wildman–Crippen MR) is 90.3 cm³/mol. The van der Waals surface area contributed by atoms with Crippen LogP contribution in [0.1, 0.15) is 19.8 Å². The molecule has 0 radical (unpaired) electrons. The molecule has 0 bridgehead atoms. The standard InChI is InChI=1S/C17H26ClN3/c1-17(7-2-8-19-13-17)14-20-9-11-21(12-10-20)16-5-3-15(18)4-6-16/h3-6,19H,2,7-14H2,1H3. The molecule has 1 unspecified atom stereocenters. The number of hydrogen-bond donors (Lipinski definition) is 1. The SMILES string of the molecule is CC1(CN2CCN(c3ccc(Cl)cc3)CC2)CCCNC1. The normalized spacial score (nSPS) is 27.8. The Labute approximate surface area is 133 Å². The summed E-state index contributed by atoms with van der Waals surface area (Å²) < 4.78 is 0. The fourth-order valence-electron chi connectivity index (χ4n) is 3.61. The molecule has 2 aliphatic rings. The van der Waals surface area contributed by atoms with Gasteiger partial charge >= 0.3 is 0 Å². The lowest BCUT2D eigenvalue weighted by molar-refractivity contribution is 0.128. The molecule has 2 fully saturated rings. The molecule has 21 heavy (non-hydrogen) atoms. The van der Waals surface area contributed by atoms with E-state index in [1.807, 2.05) is 12.1 Å². The molecule has 3 rings (SSSR count). The molecule has 2 heterocycles. The number of rotatable bonds is 3. The van der Waals surface area contributed by atoms with Gasteiger partial charge in [0, 0.05) is 50.0 Å². The summed E-state index contributed by atoms with van der Waals surface area (Å²) in [4.78, 5) is 5.10. The van der Waals surface area contributed by atoms with Crippen molar-refractivity contribution in [3.63, 3.8) is 0 Å². The van der Waals surface area contributed by atoms with Crippen molar-refractivity contribution < 1.29 is 0 Å². The topological polar surface area (TPSA) is 18.5 Å². The molecule has 3 nitrogen and oxygen atoms in total. The summed E-state index contributed by atoms with van der Waals surface area (Å²) in [5.74, 6) is 0. The first-order chi connectivity index (χ1) is 10.1. The molecule has 1 atom stereocenters. The van der Waals surface area contributed by atoms with Crippen LogP contribution < -0.4 is 10.2 Å². The van der Waals surface area contributed by atoms with E-state index < -0.39 is 0 Å². The third-order valence-electron chi connectivity index (χ3n) is 4.86. The molecule has 0 aliphatic carbocycles. The zero-order chi connectivity index (χ0) is 14.7. The zero-order valence-electron chi connectivity index (χ0n) is 12.9. The number of halogens is 1. The van der Waals surface area contributed by atoms with Crippen molar-refractivity contribution in [2.24, 2.45) is 5.41 Å². The Kier molecular flexibility index (Phi) is 4.72. The van der Waals surface area contributed by atoms with Gasteiger partial charge in [0.1, 0.15) is 0 Å². The van der Waals surface area contributed by atoms with Crippen molar-refractivity contribution in [3.8, 4) is 0 Å². The highest BCUT2D eigenvalue weighted by Gasteiger charge is 2.30. The summed E-state index contributed by atoms with van der Waals surface area (Å²) in [7, 11) is 0. The van der Waals surface area contributed by atoms with Crippen LogP contribution in [0, 0.1) is 5.41 Å². The van der Waals surface area contributed by atoms with Crippen LogP contribution in [0.5, 0.6) is 0 Å². The molecule has 2 saturated heterocycles. The molecule has 1 aromatic rings. The Morgan fingerprint density at radius 3 is 2.48 bits per heavy atom. The van der Waals surface area contributed by atoms with Crippen LogP contribution in [0.15, 0.2) is 24.3 Å². The average molecular weight is 308 g/mol. The van der Waals surface area contributed by atoms with E-state index in [0.717, 1.165) is 31.2 Å². The fraction of sp³-hybridized carbons (Fsp3) is 0.647. The second-order valence-corrected chi connectivity index (χ2v) is 7.27. The second kappa shape index (κ2) is 6.55. The number of piperazine rings is 1. The number of nitrogens with one attached hydrogen (secondary N) is 1. The van der Waals surface area contributed by atoms with Gasteiger partial charge < -0.3 is 10.2 Å². The Hall–Kier alpha value is -0.770. The summed E-state index contributed by atoms with van der Waals surface area (Å²) >= 11 is 5.96. The van der Waals surface area contributed by atoms with Crippen molar-refractivity contribution in [3.05, 3.63) is 29.3 Å². The van der Waals surface area contributed by atoms with Gasteiger partial charge in [-0.05, 0) is 49.1 Å². The van der Waals surface area contributed by atoms with Crippen molar-refractivity contribution in [2.75, 3.05) is 50.7 Å². The maximum absolute atomic E-state index is 5.96. The first-order valence-electron chi connectivity index (χ1n) is 8.08. The minimum atomic E-state index is 0.459. The van der Waals surface area contributed by atoms with Crippen LogP contribution in [-0.2, 0) is 0 Å². The molecule has 0 spiro atoms. The third-order valence-corrected chi connectivity index (χ3v) is 5.11. The van der Waals surface area contributed by atoms with Gasteiger partial charge in [-0.3, -0.25) is 4.90 Å². The van der Waals surface area contributed by atoms with Gasteiger partial charge in [0.25, 0.3) is 0 Å². The van der Waals surface area contributed by atoms with E-state index in [-0.39, 0.29) is 0 Å². The van der Waals surface area contributed by atoms with Crippen molar-refractivity contribution in [1.29, 1.82) is 0 Å². The Bertz CT molecular complexity index is 446. The van der Waals surface area contributed by atoms with Gasteiger partial charge in [-0.1, -0.05) is 18.5 Å². The summed E-state index contributed by atoms with van der Waals surface area (Å²) in [6.45, 7) is 10.6. The first-order valence-corrected chi connectivity index (χ1v) is 8.46. The van der Waals surface area contributed by atoms with Gasteiger partial charge in [0.2, 0.25) is 0 Å². The first kappa shape index (κ1) is 15.1. The van der Waals surface area contributed by atoms with Crippen LogP contribution >= 0.6 is 11.6 Å². The van der Waals surface area contributed by atoms with Crippen LogP contribution in [-0.4, -0.2) is 50.7 Å². The molecule has 2 aliphatic heterocycles. The Balaban J connectivity index is 1.51. The van der Waals surface area contributed by atoms with Crippen LogP contribution in [0.2, 0.25) is 5.02 Å². The van der Waals surface area contributed by atoms with E-state index in [4.69, 9.17) is 11.6 Å². The Morgan fingerprint density at radius 2 is 1.86 bits per heavy atom. The zero-order valence-corrected chi connectivity index (χ0v) is 13.7. The minimum absolute atomic E-state index is 0.459. The number of benzene rings is 1. The lowest BCUT2D eigenvalue weighted by atomic mass is 9.82. The number of anilines is 1. The summed E-state index contributed by atoms with van der Waals surface area (Å²) in [6, 6.07) is 8.23. The number of hydrogen-bond acceptors (Lipinski definition) is 3. The van der Waals surface area contributed by atoms with E-state index >= 15 is 0 Å². The van der Waals surface area contributed by atoms with E-state index in [1.165, 1.54) is 38.2 Å². The van der Waals surface area contributed by atoms with Gasteiger partial charge in [0.05, 0.1) is 0 Å². The summed E-state index contributed by atoms with van der Waals surface area (Å²) in [6.07, 6.45) is 2.68. The van der Waals surface area contributed by atoms with Gasteiger partial charge in [0.15, 0.2) is 0 Å². The highest BCUT2D eigenvalue weighted by Crippen LogP contribution is 2.27. The lowest BCUT2D eigenvalue weighted by Gasteiger charge is -2.42. The van der Waals surface area contributed by atoms with Crippen molar-refractivity contribution in [1.82, 2.24) is 10.2 Å². The quantitative estimate of drug-likeness (QED) is 0.926. The highest BCUT2D eigenvalue weighted by atomic mass is 35.5. The molecule has 0 saturated carbocycles. The van der Waals surface area contributed by atoms with E-state index in [2.05, 4.69) is 34.2 Å². The summed E-state index contributed by atoms with van der Waals surface area (Å²) in [5, 5.41) is 4.37. The molecule has 1 aromatic carbocycles. The molecular formula is C17H26ClN3. The molecule has 4 heteroatoms. The highest BCUT2D eigenvalue weighted by molar-refractivity contribution is 6.30. The largest absolute Gasteiger partial charge is 0.369 e. The van der Waals surface area contributed by atoms with E-state index in [9.17, 15) is 0 Å². The molecule has 0 aromatic heterocycles. The average Bonchev–Trinajstić information content (AvgIpc) is 2.49. The summed E-state index contributed by atoms with van der Waals surface area (Å²) in [5.41, 5.74) is 1.75. The number of nitrogens with zero attached hydrogens (tertiary/aromatic N) is 2. The molecule has 116 valence electrons. The smallest absolute Gasteiger partial charge is 0.0407 e. The Morgan fingerprint density at radius 1 is 1.14 bits per heavy atom. The maximum Gasteiger partial charge on any atom is 0.0407 e. The second-order valence-electron chi connectivity index (χ2n) is 6.83. The number of piperidine rings is 1. The van der Waals surface area contributed by atoms with Gasteiger partial charge in [-0.2, -0.15) is 0 Å². The molecular weight excluding hydrogens is 282 g/mol. The van der Waals surface area contributed by atoms with Crippen LogP contribution in [0.3, 0.4) is 0 Å². The minimum Gasteiger partial charge on any atom is -0.369 e. The maximum atomic E-state index is 5.96. The molecule has 1 N–H and O–H groups in total. The van der Waals surface area contributed by atoms with Crippen LogP contribution in [0.25, 0.3) is 0 Å². The lowest BCUT2D eigenvalue weighted by Crippen LogP contribution is -2.52.